The van der Waals surface area contributed by atoms with Gasteiger partial charge in [0.05, 0.1) is 15.0 Å². The van der Waals surface area contributed by atoms with Crippen LogP contribution in [0.2, 0.25) is 0 Å². The van der Waals surface area contributed by atoms with Crippen LogP contribution in [0.15, 0.2) is 40.9 Å². The molecule has 4 nitrogen and oxygen atoms in total. The highest BCUT2D eigenvalue weighted by molar-refractivity contribution is 9.10. The fourth-order valence-electron chi connectivity index (χ4n) is 1.59. The van der Waals surface area contributed by atoms with Gasteiger partial charge >= 0.3 is 0 Å². The van der Waals surface area contributed by atoms with Gasteiger partial charge in [-0.1, -0.05) is 0 Å². The molecule has 2 rings (SSSR count). The molecule has 104 valence electrons. The molecule has 0 heterocycles. The number of halogens is 3. The average Bonchev–Trinajstić information content (AvgIpc) is 2.39. The fraction of sp³-hybridized carbons (Fsp3) is 0.0769. The molecule has 0 atom stereocenters. The van der Waals surface area contributed by atoms with E-state index in [1.807, 2.05) is 0 Å². The Bertz CT molecular complexity index is 664. The van der Waals surface area contributed by atoms with Crippen LogP contribution < -0.4 is 4.74 Å². The van der Waals surface area contributed by atoms with Gasteiger partial charge in [-0.2, -0.15) is 0 Å². The largest absolute Gasteiger partial charge is 0.487 e. The molecule has 20 heavy (non-hydrogen) atoms. The average molecular weight is 344 g/mol. The van der Waals surface area contributed by atoms with Crippen molar-refractivity contribution in [2.24, 2.45) is 0 Å². The van der Waals surface area contributed by atoms with E-state index in [0.717, 1.165) is 24.3 Å². The third kappa shape index (κ3) is 3.30. The van der Waals surface area contributed by atoms with Crippen molar-refractivity contribution >= 4 is 21.6 Å². The predicted octanol–water partition coefficient (Wildman–Crippen LogP) is 4.21. The van der Waals surface area contributed by atoms with Crippen LogP contribution >= 0.6 is 15.9 Å². The van der Waals surface area contributed by atoms with E-state index < -0.39 is 16.6 Å². The van der Waals surface area contributed by atoms with Gasteiger partial charge in [-0.25, -0.2) is 8.78 Å². The monoisotopic (exact) mass is 343 g/mol. The van der Waals surface area contributed by atoms with E-state index >= 15 is 0 Å². The number of rotatable bonds is 4. The summed E-state index contributed by atoms with van der Waals surface area (Å²) in [6.45, 7) is -0.240. The van der Waals surface area contributed by atoms with Crippen molar-refractivity contribution in [1.82, 2.24) is 0 Å². The zero-order chi connectivity index (χ0) is 14.7. The highest BCUT2D eigenvalue weighted by Crippen LogP contribution is 2.28. The summed E-state index contributed by atoms with van der Waals surface area (Å²) < 4.78 is 32.0. The third-order valence-electron chi connectivity index (χ3n) is 2.51. The number of hydrogen-bond donors (Lipinski definition) is 0. The normalized spacial score (nSPS) is 10.3. The lowest BCUT2D eigenvalue weighted by molar-refractivity contribution is -0.385. The lowest BCUT2D eigenvalue weighted by Gasteiger charge is -2.08. The van der Waals surface area contributed by atoms with E-state index in [4.69, 9.17) is 4.74 Å². The van der Waals surface area contributed by atoms with Gasteiger partial charge in [-0.05, 0) is 40.2 Å². The second-order valence-corrected chi connectivity index (χ2v) is 4.75. The molecular formula is C13H8BrF2NO3. The molecule has 0 unspecified atom stereocenters. The van der Waals surface area contributed by atoms with Crippen molar-refractivity contribution in [2.45, 2.75) is 6.61 Å². The summed E-state index contributed by atoms with van der Waals surface area (Å²) in [6, 6.07) is 6.90. The van der Waals surface area contributed by atoms with Gasteiger partial charge in [-0.15, -0.1) is 0 Å². The quantitative estimate of drug-likeness (QED) is 0.617. The van der Waals surface area contributed by atoms with Gasteiger partial charge in [0, 0.05) is 12.1 Å². The molecule has 0 aromatic heterocycles. The lowest BCUT2D eigenvalue weighted by atomic mass is 10.2. The van der Waals surface area contributed by atoms with E-state index in [2.05, 4.69) is 15.9 Å². The minimum atomic E-state index is -0.626. The van der Waals surface area contributed by atoms with Crippen LogP contribution in [0.5, 0.6) is 5.75 Å². The Morgan fingerprint density at radius 2 is 1.80 bits per heavy atom. The highest BCUT2D eigenvalue weighted by atomic mass is 79.9. The minimum absolute atomic E-state index is 0.0751. The molecule has 0 saturated carbocycles. The summed E-state index contributed by atoms with van der Waals surface area (Å²) in [4.78, 5) is 10.2. The Kier molecular flexibility index (Phi) is 4.29. The number of benzene rings is 2. The summed E-state index contributed by atoms with van der Waals surface area (Å²) >= 11 is 3.17. The van der Waals surface area contributed by atoms with Crippen LogP contribution in [0.3, 0.4) is 0 Å². The van der Waals surface area contributed by atoms with Crippen LogP contribution in [0.1, 0.15) is 5.56 Å². The summed E-state index contributed by atoms with van der Waals surface area (Å²) in [7, 11) is 0. The van der Waals surface area contributed by atoms with Crippen molar-refractivity contribution in [3.8, 4) is 5.75 Å². The molecule has 0 aliphatic carbocycles. The molecule has 0 saturated heterocycles. The maximum absolute atomic E-state index is 13.1. The molecule has 0 amide bonds. The minimum Gasteiger partial charge on any atom is -0.487 e. The smallest absolute Gasteiger partial charge is 0.276 e. The van der Waals surface area contributed by atoms with E-state index in [0.29, 0.717) is 4.47 Å². The molecule has 0 spiro atoms. The van der Waals surface area contributed by atoms with Crippen LogP contribution in [0, 0.1) is 21.7 Å². The molecule has 0 N–H and O–H groups in total. The van der Waals surface area contributed by atoms with Crippen LogP contribution in [-0.4, -0.2) is 4.92 Å². The zero-order valence-corrected chi connectivity index (χ0v) is 11.6. The van der Waals surface area contributed by atoms with Crippen molar-refractivity contribution in [3.63, 3.8) is 0 Å². The van der Waals surface area contributed by atoms with Crippen molar-refractivity contribution in [2.75, 3.05) is 0 Å². The molecule has 0 bridgehead atoms. The Morgan fingerprint density at radius 1 is 1.15 bits per heavy atom. The Balaban J connectivity index is 2.24. The van der Waals surface area contributed by atoms with Gasteiger partial charge in [0.1, 0.15) is 24.0 Å². The van der Waals surface area contributed by atoms with Crippen molar-refractivity contribution in [1.29, 1.82) is 0 Å². The number of ether oxygens (including phenoxy) is 1. The van der Waals surface area contributed by atoms with Gasteiger partial charge in [0.15, 0.2) is 0 Å². The SMILES string of the molecule is O=[N+]([O-])c1ccc(F)cc1COc1cc(F)ccc1Br. The molecule has 2 aromatic rings. The maximum Gasteiger partial charge on any atom is 0.276 e. The fourth-order valence-corrected chi connectivity index (χ4v) is 1.95. The number of hydrogen-bond acceptors (Lipinski definition) is 3. The van der Waals surface area contributed by atoms with Crippen LogP contribution in [0.4, 0.5) is 14.5 Å². The van der Waals surface area contributed by atoms with Gasteiger partial charge < -0.3 is 4.74 Å². The third-order valence-corrected chi connectivity index (χ3v) is 3.17. The zero-order valence-electron chi connectivity index (χ0n) is 9.98. The maximum atomic E-state index is 13.1. The Labute approximate surface area is 121 Å². The van der Waals surface area contributed by atoms with Crippen LogP contribution in [-0.2, 0) is 6.61 Å². The molecule has 2 aromatic carbocycles. The topological polar surface area (TPSA) is 52.4 Å². The van der Waals surface area contributed by atoms with E-state index in [1.165, 1.54) is 12.1 Å². The van der Waals surface area contributed by atoms with E-state index in [9.17, 15) is 18.9 Å². The first-order valence-corrected chi connectivity index (χ1v) is 6.27. The molecule has 0 fully saturated rings. The standard InChI is InChI=1S/C13H8BrF2NO3/c14-11-3-1-10(16)6-13(11)20-7-8-5-9(15)2-4-12(8)17(18)19/h1-6H,7H2. The number of nitrogens with zero attached hydrogens (tertiary/aromatic N) is 1. The number of nitro groups is 1. The first-order valence-electron chi connectivity index (χ1n) is 5.48. The molecule has 0 aliphatic rings. The summed E-state index contributed by atoms with van der Waals surface area (Å²) in [6.07, 6.45) is 0. The number of nitro benzene ring substituents is 1. The summed E-state index contributed by atoms with van der Waals surface area (Å²) in [5.41, 5.74) is -0.176. The first-order chi connectivity index (χ1) is 9.47. The van der Waals surface area contributed by atoms with E-state index in [1.54, 1.807) is 0 Å². The second-order valence-electron chi connectivity index (χ2n) is 3.89. The molecule has 0 radical (unpaired) electrons. The first kappa shape index (κ1) is 14.4. The Hall–Kier alpha value is -2.02. The molecule has 0 aliphatic heterocycles. The highest BCUT2D eigenvalue weighted by Gasteiger charge is 2.15. The van der Waals surface area contributed by atoms with Gasteiger partial charge in [0.25, 0.3) is 5.69 Å². The van der Waals surface area contributed by atoms with Crippen LogP contribution in [0.25, 0.3) is 0 Å². The molecular weight excluding hydrogens is 336 g/mol. The van der Waals surface area contributed by atoms with Crippen molar-refractivity contribution < 1.29 is 18.4 Å². The summed E-state index contributed by atoms with van der Waals surface area (Å²) in [5, 5.41) is 10.8. The predicted molar refractivity (Wildman–Crippen MR) is 71.5 cm³/mol. The van der Waals surface area contributed by atoms with E-state index in [-0.39, 0.29) is 23.6 Å². The summed E-state index contributed by atoms with van der Waals surface area (Å²) in [5.74, 6) is -0.923. The Morgan fingerprint density at radius 3 is 2.50 bits per heavy atom. The molecule has 7 heteroatoms. The van der Waals surface area contributed by atoms with Crippen molar-refractivity contribution in [3.05, 3.63) is 68.2 Å². The lowest BCUT2D eigenvalue weighted by Crippen LogP contribution is -2.02. The van der Waals surface area contributed by atoms with Gasteiger partial charge in [0.2, 0.25) is 0 Å². The second kappa shape index (κ2) is 5.96. The van der Waals surface area contributed by atoms with Gasteiger partial charge in [-0.3, -0.25) is 10.1 Å².